The van der Waals surface area contributed by atoms with E-state index < -0.39 is 5.97 Å². The molecular weight excluding hydrogens is 284 g/mol. The van der Waals surface area contributed by atoms with Gasteiger partial charge in [0.2, 0.25) is 0 Å². The number of pyridine rings is 1. The van der Waals surface area contributed by atoms with Crippen LogP contribution in [0.15, 0.2) is 17.1 Å². The predicted molar refractivity (Wildman–Crippen MR) is 69.8 cm³/mol. The van der Waals surface area contributed by atoms with Crippen LogP contribution in [-0.4, -0.2) is 22.6 Å². The lowest BCUT2D eigenvalue weighted by Crippen LogP contribution is -2.11. The Morgan fingerprint density at radius 1 is 1.59 bits per heavy atom. The number of carboxylic acid groups (broad SMARTS) is 1. The molecule has 5 heteroatoms. The fraction of sp³-hybridized carbons (Fsp3) is 0.333. The fourth-order valence-electron chi connectivity index (χ4n) is 1.95. The zero-order chi connectivity index (χ0) is 12.4. The Hall–Kier alpha value is -1.36. The maximum absolute atomic E-state index is 11.2. The number of anilines is 1. The molecule has 0 amide bonds. The van der Waals surface area contributed by atoms with Crippen LogP contribution in [0.25, 0.3) is 0 Å². The van der Waals surface area contributed by atoms with Crippen LogP contribution in [-0.2, 0) is 12.8 Å². The molecule has 1 aromatic heterocycles. The monoisotopic (exact) mass is 296 g/mol. The van der Waals surface area contributed by atoms with Crippen LogP contribution in [0.1, 0.15) is 28.0 Å². The lowest BCUT2D eigenvalue weighted by molar-refractivity contribution is 0.0697. The quantitative estimate of drug-likeness (QED) is 0.896. The number of carboxylic acids is 1. The Morgan fingerprint density at radius 2 is 2.35 bits per heavy atom. The summed E-state index contributed by atoms with van der Waals surface area (Å²) in [6.45, 7) is 4.16. The minimum absolute atomic E-state index is 0.236. The van der Waals surface area contributed by atoms with Gasteiger partial charge in [-0.15, -0.1) is 0 Å². The molecule has 0 bridgehead atoms. The Bertz CT molecular complexity index is 486. The van der Waals surface area contributed by atoms with Crippen LogP contribution in [0.5, 0.6) is 0 Å². The molecule has 0 aliphatic heterocycles. The van der Waals surface area contributed by atoms with Crippen molar-refractivity contribution < 1.29 is 9.90 Å². The molecule has 17 heavy (non-hydrogen) atoms. The van der Waals surface area contributed by atoms with Gasteiger partial charge < -0.3 is 10.4 Å². The maximum Gasteiger partial charge on any atom is 0.339 e. The minimum atomic E-state index is -0.949. The third-order valence-electron chi connectivity index (χ3n) is 2.73. The van der Waals surface area contributed by atoms with Gasteiger partial charge in [0.05, 0.1) is 0 Å². The van der Waals surface area contributed by atoms with Crippen molar-refractivity contribution >= 4 is 27.7 Å². The topological polar surface area (TPSA) is 62.2 Å². The molecule has 0 atom stereocenters. The van der Waals surface area contributed by atoms with Crippen molar-refractivity contribution in [3.63, 3.8) is 0 Å². The maximum atomic E-state index is 11.2. The standard InChI is InChI=1S/C12H13BrN2O2/c1-7(13)6-14-11-9(12(16)17)5-8-3-2-4-10(8)15-11/h5H,1-4,6H2,(H,14,15)(H,16,17). The van der Waals surface area contributed by atoms with Crippen LogP contribution >= 0.6 is 15.9 Å². The van der Waals surface area contributed by atoms with Crippen molar-refractivity contribution in [1.82, 2.24) is 4.98 Å². The van der Waals surface area contributed by atoms with E-state index in [2.05, 4.69) is 32.8 Å². The van der Waals surface area contributed by atoms with E-state index >= 15 is 0 Å². The third kappa shape index (κ3) is 2.66. The molecule has 0 aromatic carbocycles. The second-order valence-electron chi connectivity index (χ2n) is 4.02. The van der Waals surface area contributed by atoms with Crippen molar-refractivity contribution in [2.75, 3.05) is 11.9 Å². The summed E-state index contributed by atoms with van der Waals surface area (Å²) in [6.07, 6.45) is 2.91. The number of carbonyl (C=O) groups is 1. The zero-order valence-electron chi connectivity index (χ0n) is 9.29. The first-order valence-corrected chi connectivity index (χ1v) is 6.20. The summed E-state index contributed by atoms with van der Waals surface area (Å²) >= 11 is 3.22. The number of aromatic nitrogens is 1. The number of hydrogen-bond donors (Lipinski definition) is 2. The smallest absolute Gasteiger partial charge is 0.339 e. The number of halogens is 1. The average molecular weight is 297 g/mol. The number of hydrogen-bond acceptors (Lipinski definition) is 3. The normalized spacial score (nSPS) is 13.2. The van der Waals surface area contributed by atoms with Gasteiger partial charge in [-0.1, -0.05) is 22.5 Å². The molecule has 0 saturated carbocycles. The third-order valence-corrected chi connectivity index (χ3v) is 3.01. The number of rotatable bonds is 4. The highest BCUT2D eigenvalue weighted by Crippen LogP contribution is 2.25. The molecule has 0 saturated heterocycles. The number of nitrogens with zero attached hydrogens (tertiary/aromatic N) is 1. The average Bonchev–Trinajstić information content (AvgIpc) is 2.71. The Balaban J connectivity index is 2.34. The summed E-state index contributed by atoms with van der Waals surface area (Å²) in [7, 11) is 0. The van der Waals surface area contributed by atoms with Crippen molar-refractivity contribution in [2.45, 2.75) is 19.3 Å². The molecule has 90 valence electrons. The molecular formula is C12H13BrN2O2. The largest absolute Gasteiger partial charge is 0.478 e. The summed E-state index contributed by atoms with van der Waals surface area (Å²) in [5, 5.41) is 12.1. The molecule has 1 aliphatic carbocycles. The van der Waals surface area contributed by atoms with E-state index in [1.165, 1.54) is 0 Å². The van der Waals surface area contributed by atoms with E-state index in [1.54, 1.807) is 6.07 Å². The first kappa shape index (κ1) is 12.1. The molecule has 0 radical (unpaired) electrons. The van der Waals surface area contributed by atoms with Gasteiger partial charge >= 0.3 is 5.97 Å². The van der Waals surface area contributed by atoms with E-state index in [1.807, 2.05) is 0 Å². The second-order valence-corrected chi connectivity index (χ2v) is 5.14. The SMILES string of the molecule is C=C(Br)CNc1nc2c(cc1C(=O)O)CCC2. The van der Waals surface area contributed by atoms with Gasteiger partial charge in [0, 0.05) is 16.7 Å². The van der Waals surface area contributed by atoms with Gasteiger partial charge in [-0.2, -0.15) is 0 Å². The Kier molecular flexibility index (Phi) is 3.47. The van der Waals surface area contributed by atoms with Crippen LogP contribution < -0.4 is 5.32 Å². The van der Waals surface area contributed by atoms with E-state index in [0.717, 1.165) is 35.0 Å². The second kappa shape index (κ2) is 4.87. The fourth-order valence-corrected chi connectivity index (χ4v) is 2.09. The zero-order valence-corrected chi connectivity index (χ0v) is 10.9. The molecule has 1 heterocycles. The van der Waals surface area contributed by atoms with Gasteiger partial charge in [0.25, 0.3) is 0 Å². The highest BCUT2D eigenvalue weighted by atomic mass is 79.9. The van der Waals surface area contributed by atoms with E-state index in [-0.39, 0.29) is 5.56 Å². The molecule has 1 aromatic rings. The first-order chi connectivity index (χ1) is 8.08. The highest BCUT2D eigenvalue weighted by molar-refractivity contribution is 9.11. The van der Waals surface area contributed by atoms with E-state index in [9.17, 15) is 4.79 Å². The summed E-state index contributed by atoms with van der Waals surface area (Å²) in [5.41, 5.74) is 2.31. The van der Waals surface area contributed by atoms with Crippen molar-refractivity contribution in [2.24, 2.45) is 0 Å². The van der Waals surface area contributed by atoms with Crippen LogP contribution in [0.2, 0.25) is 0 Å². The lowest BCUT2D eigenvalue weighted by atomic mass is 10.1. The van der Waals surface area contributed by atoms with Gasteiger partial charge in [-0.3, -0.25) is 0 Å². The number of aromatic carboxylic acids is 1. The number of aryl methyl sites for hydroxylation is 2. The van der Waals surface area contributed by atoms with Crippen molar-refractivity contribution in [3.05, 3.63) is 33.9 Å². The Morgan fingerprint density at radius 3 is 3.00 bits per heavy atom. The van der Waals surface area contributed by atoms with Gasteiger partial charge in [-0.25, -0.2) is 9.78 Å². The van der Waals surface area contributed by atoms with Gasteiger partial charge in [-0.05, 0) is 30.9 Å². The highest BCUT2D eigenvalue weighted by Gasteiger charge is 2.19. The molecule has 1 aliphatic rings. The number of nitrogens with one attached hydrogen (secondary N) is 1. The van der Waals surface area contributed by atoms with Crippen LogP contribution in [0.4, 0.5) is 5.82 Å². The van der Waals surface area contributed by atoms with E-state index in [0.29, 0.717) is 12.4 Å². The summed E-state index contributed by atoms with van der Waals surface area (Å²) in [4.78, 5) is 15.5. The van der Waals surface area contributed by atoms with Crippen molar-refractivity contribution in [3.8, 4) is 0 Å². The lowest BCUT2D eigenvalue weighted by Gasteiger charge is -2.10. The first-order valence-electron chi connectivity index (χ1n) is 5.41. The van der Waals surface area contributed by atoms with E-state index in [4.69, 9.17) is 5.11 Å². The molecule has 4 nitrogen and oxygen atoms in total. The Labute approximate surface area is 108 Å². The van der Waals surface area contributed by atoms with Gasteiger partial charge in [0.1, 0.15) is 11.4 Å². The molecule has 0 fully saturated rings. The molecule has 0 spiro atoms. The molecule has 2 rings (SSSR count). The molecule has 0 unspecified atom stereocenters. The summed E-state index contributed by atoms with van der Waals surface area (Å²) < 4.78 is 0.760. The molecule has 2 N–H and O–H groups in total. The van der Waals surface area contributed by atoms with Crippen LogP contribution in [0.3, 0.4) is 0 Å². The van der Waals surface area contributed by atoms with Gasteiger partial charge in [0.15, 0.2) is 0 Å². The van der Waals surface area contributed by atoms with Crippen LogP contribution in [0, 0.1) is 0 Å². The summed E-state index contributed by atoms with van der Waals surface area (Å²) in [6, 6.07) is 1.73. The summed E-state index contributed by atoms with van der Waals surface area (Å²) in [5.74, 6) is -0.520. The number of fused-ring (bicyclic) bond motifs is 1. The predicted octanol–water partition coefficient (Wildman–Crippen LogP) is 2.59. The van der Waals surface area contributed by atoms with Crippen molar-refractivity contribution in [1.29, 1.82) is 0 Å². The minimum Gasteiger partial charge on any atom is -0.478 e.